The molecule has 0 spiro atoms. The molecule has 1 amide bonds. The number of aromatic nitrogens is 1. The molecule has 2 aliphatic heterocycles. The van der Waals surface area contributed by atoms with E-state index in [1.807, 2.05) is 18.7 Å². The number of carbonyl (C=O) groups excluding carboxylic acids is 1. The number of benzene rings is 1. The summed E-state index contributed by atoms with van der Waals surface area (Å²) in [5.74, 6) is 0.0331. The third kappa shape index (κ3) is 2.14. The first-order valence-electron chi connectivity index (χ1n) is 8.08. The highest BCUT2D eigenvalue weighted by Gasteiger charge is 2.44. The van der Waals surface area contributed by atoms with Crippen molar-refractivity contribution in [2.45, 2.75) is 45.8 Å². The first-order chi connectivity index (χ1) is 11.0. The molecule has 1 aromatic carbocycles. The van der Waals surface area contributed by atoms with E-state index in [4.69, 9.17) is 4.84 Å². The average Bonchev–Trinajstić information content (AvgIpc) is 3.08. The predicted molar refractivity (Wildman–Crippen MR) is 89.4 cm³/mol. The Balaban J connectivity index is 1.65. The quantitative estimate of drug-likeness (QED) is 0.880. The normalized spacial score (nSPS) is 23.6. The second kappa shape index (κ2) is 4.85. The van der Waals surface area contributed by atoms with E-state index in [-0.39, 0.29) is 5.91 Å². The van der Waals surface area contributed by atoms with Crippen molar-refractivity contribution in [3.8, 4) is 0 Å². The first-order valence-corrected chi connectivity index (χ1v) is 8.08. The van der Waals surface area contributed by atoms with Crippen LogP contribution in [0.25, 0.3) is 10.9 Å². The molecule has 0 saturated carbocycles. The number of aromatic amines is 1. The molecule has 1 aromatic heterocycles. The summed E-state index contributed by atoms with van der Waals surface area (Å²) in [4.78, 5) is 23.8. The largest absolute Gasteiger partial charge is 0.379 e. The first kappa shape index (κ1) is 14.3. The van der Waals surface area contributed by atoms with Crippen LogP contribution in [-0.2, 0) is 22.6 Å². The lowest BCUT2D eigenvalue weighted by atomic mass is 9.96. The molecule has 4 rings (SSSR count). The molecule has 1 atom stereocenters. The Bertz CT molecular complexity index is 836. The number of carbonyl (C=O) groups is 1. The molecule has 0 saturated heterocycles. The molecule has 1 N–H and O–H groups in total. The van der Waals surface area contributed by atoms with Crippen LogP contribution in [0.5, 0.6) is 0 Å². The maximum Gasteiger partial charge on any atom is 0.270 e. The zero-order valence-corrected chi connectivity index (χ0v) is 13.8. The van der Waals surface area contributed by atoms with E-state index in [0.29, 0.717) is 13.0 Å². The molecule has 5 nitrogen and oxygen atoms in total. The molecule has 1 unspecified atom stereocenters. The van der Waals surface area contributed by atoms with Gasteiger partial charge in [0, 0.05) is 48.1 Å². The Labute approximate surface area is 135 Å². The predicted octanol–water partition coefficient (Wildman–Crippen LogP) is 2.92. The summed E-state index contributed by atoms with van der Waals surface area (Å²) in [5, 5.41) is 5.19. The molecule has 0 fully saturated rings. The third-order valence-electron chi connectivity index (χ3n) is 4.95. The van der Waals surface area contributed by atoms with E-state index in [1.165, 1.54) is 27.7 Å². The summed E-state index contributed by atoms with van der Waals surface area (Å²) in [5.41, 5.74) is 4.95. The van der Waals surface area contributed by atoms with Crippen LogP contribution in [0.15, 0.2) is 23.4 Å². The molecule has 120 valence electrons. The monoisotopic (exact) mass is 311 g/mol. The van der Waals surface area contributed by atoms with E-state index < -0.39 is 5.60 Å². The van der Waals surface area contributed by atoms with Gasteiger partial charge in [0.2, 0.25) is 5.60 Å². The molecule has 0 radical (unpaired) electrons. The van der Waals surface area contributed by atoms with E-state index in [9.17, 15) is 4.79 Å². The second-order valence-electron chi connectivity index (χ2n) is 6.88. The summed E-state index contributed by atoms with van der Waals surface area (Å²) in [6.07, 6.45) is 1.42. The molecule has 2 aliphatic rings. The number of aryl methyl sites for hydroxylation is 1. The number of nitrogens with one attached hydrogen (secondary N) is 1. The fourth-order valence-corrected chi connectivity index (χ4v) is 3.74. The van der Waals surface area contributed by atoms with Crippen molar-refractivity contribution in [2.24, 2.45) is 5.16 Å². The maximum atomic E-state index is 12.9. The highest BCUT2D eigenvalue weighted by atomic mass is 16.7. The van der Waals surface area contributed by atoms with Crippen molar-refractivity contribution in [3.05, 3.63) is 35.0 Å². The summed E-state index contributed by atoms with van der Waals surface area (Å²) in [7, 11) is 0. The maximum absolute atomic E-state index is 12.9. The fourth-order valence-electron chi connectivity index (χ4n) is 3.74. The number of rotatable bonds is 1. The van der Waals surface area contributed by atoms with E-state index in [1.54, 1.807) is 0 Å². The van der Waals surface area contributed by atoms with Crippen LogP contribution >= 0.6 is 0 Å². The lowest BCUT2D eigenvalue weighted by molar-refractivity contribution is -0.154. The molecular formula is C18H21N3O2. The van der Waals surface area contributed by atoms with Gasteiger partial charge in [0.05, 0.1) is 5.71 Å². The number of nitrogens with zero attached hydrogens (tertiary/aromatic N) is 2. The smallest absolute Gasteiger partial charge is 0.270 e. The van der Waals surface area contributed by atoms with Gasteiger partial charge in [0.25, 0.3) is 5.91 Å². The lowest BCUT2D eigenvalue weighted by Crippen LogP contribution is -2.48. The van der Waals surface area contributed by atoms with Crippen molar-refractivity contribution < 1.29 is 9.63 Å². The minimum atomic E-state index is -0.844. The van der Waals surface area contributed by atoms with Crippen LogP contribution in [-0.4, -0.2) is 33.6 Å². The lowest BCUT2D eigenvalue weighted by Gasteiger charge is -2.32. The van der Waals surface area contributed by atoms with Crippen LogP contribution in [0, 0.1) is 6.92 Å². The van der Waals surface area contributed by atoms with Crippen molar-refractivity contribution in [1.82, 2.24) is 9.88 Å². The Kier molecular flexibility index (Phi) is 3.01. The number of fused-ring (bicyclic) bond motifs is 3. The molecule has 2 aromatic rings. The zero-order chi connectivity index (χ0) is 16.2. The standard InChI is InChI=1S/C18H21N3O2/c1-11-5-4-6-13-14-10-21(8-7-15(14)19-16(11)13)17(22)18(3)9-12(2)20-23-18/h4-6,19H,7-10H2,1-3H3. The van der Waals surface area contributed by atoms with E-state index in [0.717, 1.165) is 18.7 Å². The molecule has 0 aliphatic carbocycles. The highest BCUT2D eigenvalue weighted by Crippen LogP contribution is 2.32. The van der Waals surface area contributed by atoms with Crippen LogP contribution in [0.3, 0.4) is 0 Å². The summed E-state index contributed by atoms with van der Waals surface area (Å²) >= 11 is 0. The van der Waals surface area contributed by atoms with Crippen LogP contribution in [0.1, 0.15) is 37.1 Å². The van der Waals surface area contributed by atoms with Gasteiger partial charge in [0.15, 0.2) is 0 Å². The van der Waals surface area contributed by atoms with Crippen molar-refractivity contribution in [3.63, 3.8) is 0 Å². The van der Waals surface area contributed by atoms with Gasteiger partial charge in [-0.05, 0) is 26.3 Å². The van der Waals surface area contributed by atoms with Gasteiger partial charge in [-0.25, -0.2) is 0 Å². The fraction of sp³-hybridized carbons (Fsp3) is 0.444. The van der Waals surface area contributed by atoms with Crippen LogP contribution in [0.2, 0.25) is 0 Å². The van der Waals surface area contributed by atoms with E-state index >= 15 is 0 Å². The van der Waals surface area contributed by atoms with Crippen molar-refractivity contribution >= 4 is 22.5 Å². The minimum Gasteiger partial charge on any atom is -0.379 e. The number of H-pyrrole nitrogens is 1. The third-order valence-corrected chi connectivity index (χ3v) is 4.95. The van der Waals surface area contributed by atoms with Gasteiger partial charge in [-0.15, -0.1) is 0 Å². The van der Waals surface area contributed by atoms with E-state index in [2.05, 4.69) is 35.3 Å². The van der Waals surface area contributed by atoms with Gasteiger partial charge in [-0.3, -0.25) is 4.79 Å². The van der Waals surface area contributed by atoms with Crippen molar-refractivity contribution in [2.75, 3.05) is 6.54 Å². The number of oxime groups is 1. The number of amides is 1. The van der Waals surface area contributed by atoms with Crippen molar-refractivity contribution in [1.29, 1.82) is 0 Å². The Morgan fingerprint density at radius 2 is 2.22 bits per heavy atom. The second-order valence-corrected chi connectivity index (χ2v) is 6.88. The van der Waals surface area contributed by atoms with Gasteiger partial charge in [0.1, 0.15) is 0 Å². The molecule has 5 heteroatoms. The minimum absolute atomic E-state index is 0.0331. The van der Waals surface area contributed by atoms with Gasteiger partial charge < -0.3 is 14.7 Å². The Hall–Kier alpha value is -2.30. The molecule has 3 heterocycles. The molecule has 0 bridgehead atoms. The Morgan fingerprint density at radius 3 is 2.96 bits per heavy atom. The molecular weight excluding hydrogens is 290 g/mol. The van der Waals surface area contributed by atoms with Gasteiger partial charge >= 0.3 is 0 Å². The summed E-state index contributed by atoms with van der Waals surface area (Å²) in [6.45, 7) is 7.20. The summed E-state index contributed by atoms with van der Waals surface area (Å²) in [6, 6.07) is 6.32. The SMILES string of the molecule is CC1=NOC(C)(C(=O)N2CCc3[nH]c4c(C)cccc4c3C2)C1. The molecule has 23 heavy (non-hydrogen) atoms. The highest BCUT2D eigenvalue weighted by molar-refractivity contribution is 5.95. The van der Waals surface area contributed by atoms with Crippen LogP contribution < -0.4 is 0 Å². The zero-order valence-electron chi connectivity index (χ0n) is 13.8. The van der Waals surface area contributed by atoms with Crippen LogP contribution in [0.4, 0.5) is 0 Å². The summed E-state index contributed by atoms with van der Waals surface area (Å²) < 4.78 is 0. The number of hydrogen-bond donors (Lipinski definition) is 1. The number of hydrogen-bond acceptors (Lipinski definition) is 3. The Morgan fingerprint density at radius 1 is 1.39 bits per heavy atom. The van der Waals surface area contributed by atoms with Gasteiger partial charge in [-0.1, -0.05) is 23.4 Å². The topological polar surface area (TPSA) is 57.7 Å². The van der Waals surface area contributed by atoms with Gasteiger partial charge in [-0.2, -0.15) is 0 Å². The average molecular weight is 311 g/mol. The number of para-hydroxylation sites is 1.